The zero-order chi connectivity index (χ0) is 14.7. The number of hydrogen-bond acceptors (Lipinski definition) is 2. The van der Waals surface area contributed by atoms with Crippen LogP contribution in [-0.2, 0) is 13.0 Å². The van der Waals surface area contributed by atoms with Crippen molar-refractivity contribution in [2.75, 3.05) is 5.73 Å². The molecule has 0 unspecified atom stereocenters. The van der Waals surface area contributed by atoms with Crippen LogP contribution < -0.4 is 5.73 Å². The van der Waals surface area contributed by atoms with E-state index < -0.39 is 0 Å². The van der Waals surface area contributed by atoms with E-state index in [9.17, 15) is 0 Å². The van der Waals surface area contributed by atoms with E-state index >= 15 is 0 Å². The third kappa shape index (κ3) is 2.48. The van der Waals surface area contributed by atoms with Crippen LogP contribution in [0.1, 0.15) is 30.3 Å². The molecule has 1 aromatic heterocycles. The molecule has 0 radical (unpaired) electrons. The molecule has 0 atom stereocenters. The van der Waals surface area contributed by atoms with Gasteiger partial charge >= 0.3 is 0 Å². The van der Waals surface area contributed by atoms with Gasteiger partial charge in [-0.05, 0) is 31.4 Å². The lowest BCUT2D eigenvalue weighted by Crippen LogP contribution is -2.05. The zero-order valence-electron chi connectivity index (χ0n) is 12.6. The summed E-state index contributed by atoms with van der Waals surface area (Å²) in [5.41, 5.74) is 10.9. The van der Waals surface area contributed by atoms with Gasteiger partial charge in [-0.15, -0.1) is 6.58 Å². The van der Waals surface area contributed by atoms with Crippen molar-refractivity contribution in [1.29, 1.82) is 0 Å². The minimum atomic E-state index is 0.707. The Morgan fingerprint density at radius 3 is 2.75 bits per heavy atom. The molecule has 0 saturated heterocycles. The molecule has 106 valence electrons. The van der Waals surface area contributed by atoms with Crippen molar-refractivity contribution in [3.05, 3.63) is 47.8 Å². The van der Waals surface area contributed by atoms with Crippen LogP contribution in [0, 0.1) is 13.8 Å². The molecule has 1 heterocycles. The number of allylic oxidation sites excluding steroid dienone is 1. The van der Waals surface area contributed by atoms with Gasteiger partial charge in [0.05, 0.1) is 0 Å². The molecule has 0 amide bonds. The number of aryl methyl sites for hydroxylation is 2. The summed E-state index contributed by atoms with van der Waals surface area (Å²) in [6, 6.07) is 6.26. The molecule has 0 aliphatic heterocycles. The molecule has 0 bridgehead atoms. The number of benzene rings is 1. The van der Waals surface area contributed by atoms with Gasteiger partial charge in [-0.2, -0.15) is 0 Å². The van der Waals surface area contributed by atoms with Crippen LogP contribution in [0.25, 0.3) is 11.3 Å². The monoisotopic (exact) mass is 269 g/mol. The lowest BCUT2D eigenvalue weighted by atomic mass is 10.0. The van der Waals surface area contributed by atoms with Gasteiger partial charge < -0.3 is 10.3 Å². The van der Waals surface area contributed by atoms with Crippen LogP contribution in [-0.4, -0.2) is 9.55 Å². The largest absolute Gasteiger partial charge is 0.383 e. The lowest BCUT2D eigenvalue weighted by molar-refractivity contribution is 0.724. The Labute approximate surface area is 121 Å². The van der Waals surface area contributed by atoms with Crippen molar-refractivity contribution in [3.63, 3.8) is 0 Å². The average Bonchev–Trinajstić information content (AvgIpc) is 2.72. The predicted molar refractivity (Wildman–Crippen MR) is 85.7 cm³/mol. The summed E-state index contributed by atoms with van der Waals surface area (Å²) in [6.45, 7) is 10.9. The Morgan fingerprint density at radius 2 is 2.10 bits per heavy atom. The van der Waals surface area contributed by atoms with Crippen molar-refractivity contribution >= 4 is 5.82 Å². The summed E-state index contributed by atoms with van der Waals surface area (Å²) >= 11 is 0. The maximum atomic E-state index is 6.32. The van der Waals surface area contributed by atoms with E-state index in [1.54, 1.807) is 0 Å². The number of nitrogen functional groups attached to an aromatic ring is 1. The Kier molecular flexibility index (Phi) is 4.28. The molecule has 0 fully saturated rings. The quantitative estimate of drug-likeness (QED) is 0.837. The molecular weight excluding hydrogens is 246 g/mol. The Morgan fingerprint density at radius 1 is 1.35 bits per heavy atom. The highest BCUT2D eigenvalue weighted by molar-refractivity contribution is 5.74. The summed E-state index contributed by atoms with van der Waals surface area (Å²) in [7, 11) is 0. The van der Waals surface area contributed by atoms with Crippen molar-refractivity contribution in [2.24, 2.45) is 0 Å². The molecule has 0 spiro atoms. The van der Waals surface area contributed by atoms with Gasteiger partial charge in [0.25, 0.3) is 0 Å². The first-order valence-corrected chi connectivity index (χ1v) is 7.12. The van der Waals surface area contributed by atoms with Gasteiger partial charge in [-0.3, -0.25) is 0 Å². The van der Waals surface area contributed by atoms with Crippen molar-refractivity contribution in [2.45, 2.75) is 40.2 Å². The van der Waals surface area contributed by atoms with E-state index in [0.29, 0.717) is 6.54 Å². The first kappa shape index (κ1) is 14.4. The van der Waals surface area contributed by atoms with Gasteiger partial charge in [0.2, 0.25) is 0 Å². The first-order valence-electron chi connectivity index (χ1n) is 7.12. The summed E-state index contributed by atoms with van der Waals surface area (Å²) in [5.74, 6) is 1.78. The number of anilines is 1. The van der Waals surface area contributed by atoms with E-state index in [1.165, 1.54) is 11.1 Å². The van der Waals surface area contributed by atoms with E-state index in [4.69, 9.17) is 10.7 Å². The first-order chi connectivity index (χ1) is 9.60. The van der Waals surface area contributed by atoms with E-state index in [2.05, 4.69) is 50.1 Å². The molecule has 0 aliphatic rings. The van der Waals surface area contributed by atoms with Crippen LogP contribution in [0.3, 0.4) is 0 Å². The third-order valence-electron chi connectivity index (χ3n) is 3.73. The van der Waals surface area contributed by atoms with Crippen LogP contribution >= 0.6 is 0 Å². The second-order valence-electron chi connectivity index (χ2n) is 5.16. The Hall–Kier alpha value is -2.03. The van der Waals surface area contributed by atoms with E-state index in [-0.39, 0.29) is 0 Å². The number of hydrogen-bond donors (Lipinski definition) is 1. The zero-order valence-corrected chi connectivity index (χ0v) is 12.6. The minimum Gasteiger partial charge on any atom is -0.383 e. The molecule has 1 aromatic carbocycles. The Bertz CT molecular complexity index is 623. The molecule has 20 heavy (non-hydrogen) atoms. The van der Waals surface area contributed by atoms with Gasteiger partial charge in [-0.1, -0.05) is 31.2 Å². The maximum absolute atomic E-state index is 6.32. The van der Waals surface area contributed by atoms with Gasteiger partial charge in [-0.25, -0.2) is 4.98 Å². The third-order valence-corrected chi connectivity index (χ3v) is 3.73. The highest BCUT2D eigenvalue weighted by atomic mass is 15.1. The van der Waals surface area contributed by atoms with E-state index in [1.807, 2.05) is 6.08 Å². The van der Waals surface area contributed by atoms with E-state index in [0.717, 1.165) is 35.7 Å². The SMILES string of the molecule is C=CCn1c(CCC)nc(-c2cccc(C)c2C)c1N. The Balaban J connectivity index is 2.59. The van der Waals surface area contributed by atoms with Crippen LogP contribution in [0.2, 0.25) is 0 Å². The standard InChI is InChI=1S/C17H23N3/c1-5-8-15-19-16(17(18)20(15)11-6-2)14-10-7-9-12(3)13(14)4/h6-7,9-10H,2,5,8,11,18H2,1,3-4H3. The molecule has 0 aliphatic carbocycles. The predicted octanol–water partition coefficient (Wildman–Crippen LogP) is 3.89. The molecule has 3 heteroatoms. The topological polar surface area (TPSA) is 43.8 Å². The number of rotatable bonds is 5. The number of nitrogens with zero attached hydrogens (tertiary/aromatic N) is 2. The fourth-order valence-corrected chi connectivity index (χ4v) is 2.47. The van der Waals surface area contributed by atoms with Gasteiger partial charge in [0, 0.05) is 18.5 Å². The van der Waals surface area contributed by atoms with Crippen LogP contribution in [0.15, 0.2) is 30.9 Å². The molecule has 0 saturated carbocycles. The summed E-state index contributed by atoms with van der Waals surface area (Å²) in [4.78, 5) is 4.78. The van der Waals surface area contributed by atoms with Crippen molar-refractivity contribution in [1.82, 2.24) is 9.55 Å². The smallest absolute Gasteiger partial charge is 0.132 e. The van der Waals surface area contributed by atoms with Crippen LogP contribution in [0.4, 0.5) is 5.82 Å². The lowest BCUT2D eigenvalue weighted by Gasteiger charge is -2.08. The molecule has 3 nitrogen and oxygen atoms in total. The number of imidazole rings is 1. The van der Waals surface area contributed by atoms with Crippen molar-refractivity contribution < 1.29 is 0 Å². The van der Waals surface area contributed by atoms with Gasteiger partial charge in [0.1, 0.15) is 17.3 Å². The normalized spacial score (nSPS) is 10.8. The summed E-state index contributed by atoms with van der Waals surface area (Å²) in [6.07, 6.45) is 3.85. The number of aromatic nitrogens is 2. The van der Waals surface area contributed by atoms with Gasteiger partial charge in [0.15, 0.2) is 0 Å². The minimum absolute atomic E-state index is 0.707. The highest BCUT2D eigenvalue weighted by Crippen LogP contribution is 2.30. The summed E-state index contributed by atoms with van der Waals surface area (Å²) < 4.78 is 2.06. The summed E-state index contributed by atoms with van der Waals surface area (Å²) in [5, 5.41) is 0. The average molecular weight is 269 g/mol. The fourth-order valence-electron chi connectivity index (χ4n) is 2.47. The molecular formula is C17H23N3. The maximum Gasteiger partial charge on any atom is 0.132 e. The molecule has 2 N–H and O–H groups in total. The second-order valence-corrected chi connectivity index (χ2v) is 5.16. The second kappa shape index (κ2) is 5.95. The number of nitrogens with two attached hydrogens (primary N) is 1. The molecule has 2 rings (SSSR count). The fraction of sp³-hybridized carbons (Fsp3) is 0.353. The van der Waals surface area contributed by atoms with Crippen LogP contribution in [0.5, 0.6) is 0 Å². The molecule has 2 aromatic rings. The highest BCUT2D eigenvalue weighted by Gasteiger charge is 2.16. The van der Waals surface area contributed by atoms with Crippen molar-refractivity contribution in [3.8, 4) is 11.3 Å².